The van der Waals surface area contributed by atoms with E-state index in [4.69, 9.17) is 4.74 Å². The molecule has 0 saturated heterocycles. The van der Waals surface area contributed by atoms with Gasteiger partial charge < -0.3 is 15.2 Å². The summed E-state index contributed by atoms with van der Waals surface area (Å²) < 4.78 is 6.79. The van der Waals surface area contributed by atoms with Crippen LogP contribution in [0.25, 0.3) is 0 Å². The highest BCUT2D eigenvalue weighted by molar-refractivity contribution is 9.10. The lowest BCUT2D eigenvalue weighted by Gasteiger charge is -2.22. The number of rotatable bonds is 5. The molecule has 1 aromatic carbocycles. The molecule has 0 spiro atoms. The lowest BCUT2D eigenvalue weighted by atomic mass is 9.89. The molecule has 0 fully saturated rings. The van der Waals surface area contributed by atoms with E-state index in [2.05, 4.69) is 54.2 Å². The van der Waals surface area contributed by atoms with Crippen molar-refractivity contribution in [2.45, 2.75) is 46.3 Å². The molecule has 0 aromatic heterocycles. The predicted molar refractivity (Wildman–Crippen MR) is 85.1 cm³/mol. The first-order valence-corrected chi connectivity index (χ1v) is 7.97. The van der Waals surface area contributed by atoms with E-state index >= 15 is 0 Å². The second-order valence-corrected chi connectivity index (χ2v) is 7.62. The molecule has 1 unspecified atom stereocenters. The molecule has 2 N–H and O–H groups in total. The van der Waals surface area contributed by atoms with Crippen molar-refractivity contribution < 1.29 is 9.84 Å². The summed E-state index contributed by atoms with van der Waals surface area (Å²) in [6.45, 7) is 8.54. The number of aliphatic hydroxyl groups is 1. The van der Waals surface area contributed by atoms with Crippen molar-refractivity contribution in [3.8, 4) is 5.75 Å². The molecule has 1 heterocycles. The topological polar surface area (TPSA) is 41.5 Å². The Hall–Kier alpha value is -0.580. The van der Waals surface area contributed by atoms with Gasteiger partial charge in [-0.1, -0.05) is 36.7 Å². The lowest BCUT2D eigenvalue weighted by molar-refractivity contribution is 0.119. The normalized spacial score (nSPS) is 15.8. The fourth-order valence-corrected chi connectivity index (χ4v) is 3.18. The highest BCUT2D eigenvalue weighted by Crippen LogP contribution is 2.32. The number of ether oxygens (including phenoxy) is 1. The van der Waals surface area contributed by atoms with Crippen LogP contribution in [0.3, 0.4) is 0 Å². The Morgan fingerprint density at radius 1 is 1.40 bits per heavy atom. The van der Waals surface area contributed by atoms with Gasteiger partial charge in [-0.3, -0.25) is 0 Å². The fourth-order valence-electron chi connectivity index (χ4n) is 2.63. The Labute approximate surface area is 129 Å². The number of hydrogen-bond acceptors (Lipinski definition) is 3. The number of aliphatic hydroxyl groups excluding tert-OH is 1. The molecule has 2 rings (SSSR count). The maximum absolute atomic E-state index is 10.0. The van der Waals surface area contributed by atoms with Crippen molar-refractivity contribution in [1.29, 1.82) is 0 Å². The first-order chi connectivity index (χ1) is 9.35. The molecule has 0 aliphatic carbocycles. The predicted octanol–water partition coefficient (Wildman–Crippen LogP) is 3.27. The minimum atomic E-state index is -0.309. The molecule has 1 aliphatic rings. The fraction of sp³-hybridized carbons (Fsp3) is 0.625. The van der Waals surface area contributed by atoms with E-state index in [1.54, 1.807) is 0 Å². The quantitative estimate of drug-likeness (QED) is 0.863. The first-order valence-electron chi connectivity index (χ1n) is 7.18. The summed E-state index contributed by atoms with van der Waals surface area (Å²) in [7, 11) is 0. The van der Waals surface area contributed by atoms with E-state index in [0.29, 0.717) is 6.54 Å². The van der Waals surface area contributed by atoms with Crippen molar-refractivity contribution in [1.82, 2.24) is 5.32 Å². The molecule has 1 aromatic rings. The molecule has 3 nitrogen and oxygen atoms in total. The zero-order chi connectivity index (χ0) is 14.8. The van der Waals surface area contributed by atoms with Gasteiger partial charge in [-0.25, -0.2) is 0 Å². The Morgan fingerprint density at radius 3 is 2.85 bits per heavy atom. The molecule has 0 bridgehead atoms. The molecular weight excluding hydrogens is 318 g/mol. The third-order valence-corrected chi connectivity index (χ3v) is 3.83. The number of nitrogens with one attached hydrogen (secondary N) is 1. The first kappa shape index (κ1) is 15.8. The van der Waals surface area contributed by atoms with Crippen molar-refractivity contribution in [3.05, 3.63) is 27.7 Å². The molecule has 20 heavy (non-hydrogen) atoms. The van der Waals surface area contributed by atoms with Crippen LogP contribution in [-0.4, -0.2) is 24.4 Å². The summed E-state index contributed by atoms with van der Waals surface area (Å²) in [5.41, 5.74) is 2.59. The van der Waals surface area contributed by atoms with Gasteiger partial charge in [-0.15, -0.1) is 0 Å². The highest BCUT2D eigenvalue weighted by Gasteiger charge is 2.19. The second kappa shape index (κ2) is 6.46. The Balaban J connectivity index is 1.89. The molecule has 1 aliphatic heterocycles. The van der Waals surface area contributed by atoms with Gasteiger partial charge >= 0.3 is 0 Å². The summed E-state index contributed by atoms with van der Waals surface area (Å²) in [5.74, 6) is 1.02. The second-order valence-electron chi connectivity index (χ2n) is 6.70. The maximum atomic E-state index is 10.0. The van der Waals surface area contributed by atoms with Crippen LogP contribution >= 0.6 is 15.9 Å². The van der Waals surface area contributed by atoms with Gasteiger partial charge in [0.05, 0.1) is 12.7 Å². The zero-order valence-electron chi connectivity index (χ0n) is 12.5. The Bertz CT molecular complexity index is 468. The van der Waals surface area contributed by atoms with Crippen LogP contribution in [-0.2, 0) is 13.0 Å². The van der Waals surface area contributed by atoms with Crippen molar-refractivity contribution in [2.75, 3.05) is 13.2 Å². The molecular formula is C16H24BrNO2. The molecule has 1 atom stereocenters. The van der Waals surface area contributed by atoms with Crippen molar-refractivity contribution >= 4 is 15.9 Å². The monoisotopic (exact) mass is 341 g/mol. The zero-order valence-corrected chi connectivity index (χ0v) is 14.1. The largest absolute Gasteiger partial charge is 0.493 e. The van der Waals surface area contributed by atoms with E-state index < -0.39 is 0 Å². The summed E-state index contributed by atoms with van der Waals surface area (Å²) in [4.78, 5) is 0. The summed E-state index contributed by atoms with van der Waals surface area (Å²) in [5, 5.41) is 13.3. The van der Waals surface area contributed by atoms with E-state index in [-0.39, 0.29) is 11.5 Å². The summed E-state index contributed by atoms with van der Waals surface area (Å²) in [6.07, 6.45) is 1.47. The number of halogens is 1. The maximum Gasteiger partial charge on any atom is 0.127 e. The van der Waals surface area contributed by atoms with E-state index in [0.717, 1.165) is 41.8 Å². The number of hydrogen-bond donors (Lipinski definition) is 2. The minimum Gasteiger partial charge on any atom is -0.493 e. The van der Waals surface area contributed by atoms with Gasteiger partial charge in [0, 0.05) is 29.5 Å². The highest BCUT2D eigenvalue weighted by atomic mass is 79.9. The summed E-state index contributed by atoms with van der Waals surface area (Å²) >= 11 is 3.54. The van der Waals surface area contributed by atoms with Crippen LogP contribution in [0.2, 0.25) is 0 Å². The average Bonchev–Trinajstić information content (AvgIpc) is 2.74. The smallest absolute Gasteiger partial charge is 0.127 e. The molecule has 4 heteroatoms. The van der Waals surface area contributed by atoms with Gasteiger partial charge in [-0.2, -0.15) is 0 Å². The average molecular weight is 342 g/mol. The van der Waals surface area contributed by atoms with Crippen LogP contribution in [0.1, 0.15) is 38.3 Å². The third kappa shape index (κ3) is 4.47. The van der Waals surface area contributed by atoms with Crippen LogP contribution in [0, 0.1) is 5.41 Å². The van der Waals surface area contributed by atoms with Crippen LogP contribution in [0.15, 0.2) is 16.6 Å². The Kier molecular flexibility index (Phi) is 5.10. The third-order valence-electron chi connectivity index (χ3n) is 3.37. The molecule has 112 valence electrons. The van der Waals surface area contributed by atoms with Crippen LogP contribution in [0.4, 0.5) is 0 Å². The van der Waals surface area contributed by atoms with Gasteiger partial charge in [0.2, 0.25) is 0 Å². The minimum absolute atomic E-state index is 0.154. The van der Waals surface area contributed by atoms with E-state index in [9.17, 15) is 5.11 Å². The SMILES string of the molecule is CC(C)(C)CC(O)CNCc1cc(Br)cc2c1OCC2. The van der Waals surface area contributed by atoms with Gasteiger partial charge in [0.15, 0.2) is 0 Å². The van der Waals surface area contributed by atoms with Crippen LogP contribution in [0.5, 0.6) is 5.75 Å². The van der Waals surface area contributed by atoms with Gasteiger partial charge in [-0.05, 0) is 29.5 Å². The van der Waals surface area contributed by atoms with Crippen LogP contribution < -0.4 is 10.1 Å². The lowest BCUT2D eigenvalue weighted by Crippen LogP contribution is -2.29. The molecule has 0 radical (unpaired) electrons. The number of benzene rings is 1. The standard InChI is InChI=1S/C16H24BrNO2/c1-16(2,3)8-14(19)10-18-9-12-7-13(17)6-11-4-5-20-15(11)12/h6-7,14,18-19H,4-5,8-10H2,1-3H3. The van der Waals surface area contributed by atoms with E-state index in [1.807, 2.05) is 0 Å². The molecule has 0 saturated carbocycles. The van der Waals surface area contributed by atoms with Gasteiger partial charge in [0.25, 0.3) is 0 Å². The molecule has 0 amide bonds. The van der Waals surface area contributed by atoms with Gasteiger partial charge in [0.1, 0.15) is 5.75 Å². The van der Waals surface area contributed by atoms with Crippen molar-refractivity contribution in [2.24, 2.45) is 5.41 Å². The Morgan fingerprint density at radius 2 is 2.15 bits per heavy atom. The number of fused-ring (bicyclic) bond motifs is 1. The van der Waals surface area contributed by atoms with E-state index in [1.165, 1.54) is 5.56 Å². The van der Waals surface area contributed by atoms with Crippen molar-refractivity contribution in [3.63, 3.8) is 0 Å². The summed E-state index contributed by atoms with van der Waals surface area (Å²) in [6, 6.07) is 4.22.